The minimum Gasteiger partial charge on any atom is -0.445 e. The number of ether oxygens (including phenoxy) is 1. The standard InChI is InChI=1S/C13H15FN4O2/c14-11-8-18(7-6-12(11)16-17-15)13(19)20-9-10-4-2-1-3-5-10/h1-5,11-12H,6-9H2/t11-,12+/m1/s1. The number of azide groups is 1. The van der Waals surface area contributed by atoms with Gasteiger partial charge >= 0.3 is 6.09 Å². The number of carbonyl (C=O) groups is 1. The number of carbonyl (C=O) groups excluding carboxylic acids is 1. The monoisotopic (exact) mass is 278 g/mol. The van der Waals surface area contributed by atoms with Crippen LogP contribution < -0.4 is 0 Å². The molecule has 0 spiro atoms. The van der Waals surface area contributed by atoms with E-state index in [0.29, 0.717) is 13.0 Å². The van der Waals surface area contributed by atoms with Crippen LogP contribution in [0.4, 0.5) is 9.18 Å². The molecule has 1 aromatic rings. The average molecular weight is 278 g/mol. The number of amides is 1. The lowest BCUT2D eigenvalue weighted by molar-refractivity contribution is 0.0660. The lowest BCUT2D eigenvalue weighted by Gasteiger charge is -2.31. The molecule has 0 saturated carbocycles. The first-order chi connectivity index (χ1) is 9.70. The highest BCUT2D eigenvalue weighted by Crippen LogP contribution is 2.18. The van der Waals surface area contributed by atoms with E-state index in [1.54, 1.807) is 0 Å². The molecule has 1 fully saturated rings. The van der Waals surface area contributed by atoms with Gasteiger partial charge in [0.2, 0.25) is 0 Å². The summed E-state index contributed by atoms with van der Waals surface area (Å²) in [5.74, 6) is 0. The van der Waals surface area contributed by atoms with E-state index >= 15 is 0 Å². The second kappa shape index (κ2) is 6.77. The summed E-state index contributed by atoms with van der Waals surface area (Å²) in [5.41, 5.74) is 9.18. The molecule has 1 aliphatic rings. The Balaban J connectivity index is 1.83. The van der Waals surface area contributed by atoms with E-state index in [2.05, 4.69) is 10.0 Å². The molecule has 2 rings (SSSR count). The summed E-state index contributed by atoms with van der Waals surface area (Å²) in [4.78, 5) is 15.7. The minimum absolute atomic E-state index is 0.0999. The molecule has 1 heterocycles. The third-order valence-electron chi connectivity index (χ3n) is 3.17. The Kier molecular flexibility index (Phi) is 4.79. The Morgan fingerprint density at radius 2 is 2.25 bits per heavy atom. The summed E-state index contributed by atoms with van der Waals surface area (Å²) in [6.45, 7) is 0.391. The molecule has 0 radical (unpaired) electrons. The predicted octanol–water partition coefficient (Wildman–Crippen LogP) is 3.05. The van der Waals surface area contributed by atoms with E-state index in [4.69, 9.17) is 10.3 Å². The Morgan fingerprint density at radius 3 is 2.90 bits per heavy atom. The number of nitrogens with zero attached hydrogens (tertiary/aromatic N) is 4. The molecule has 7 heteroatoms. The molecule has 2 atom stereocenters. The van der Waals surface area contributed by atoms with Crippen LogP contribution in [0.25, 0.3) is 10.4 Å². The van der Waals surface area contributed by atoms with Gasteiger partial charge in [-0.05, 0) is 17.5 Å². The molecule has 0 N–H and O–H groups in total. The summed E-state index contributed by atoms with van der Waals surface area (Å²) in [6, 6.07) is 8.58. The predicted molar refractivity (Wildman–Crippen MR) is 70.6 cm³/mol. The first-order valence-electron chi connectivity index (χ1n) is 6.34. The number of alkyl halides is 1. The number of benzene rings is 1. The van der Waals surface area contributed by atoms with E-state index in [9.17, 15) is 9.18 Å². The third kappa shape index (κ3) is 3.61. The molecule has 6 nitrogen and oxygen atoms in total. The molecule has 0 aromatic heterocycles. The van der Waals surface area contributed by atoms with Gasteiger partial charge in [-0.15, -0.1) is 0 Å². The summed E-state index contributed by atoms with van der Waals surface area (Å²) >= 11 is 0. The number of halogens is 1. The third-order valence-corrected chi connectivity index (χ3v) is 3.17. The molecule has 0 aliphatic carbocycles. The molecular formula is C13H15FN4O2. The molecule has 0 bridgehead atoms. The van der Waals surface area contributed by atoms with Crippen molar-refractivity contribution in [2.75, 3.05) is 13.1 Å². The van der Waals surface area contributed by atoms with Crippen LogP contribution in [0.5, 0.6) is 0 Å². The van der Waals surface area contributed by atoms with Gasteiger partial charge in [0.1, 0.15) is 12.8 Å². The maximum Gasteiger partial charge on any atom is 0.410 e. The van der Waals surface area contributed by atoms with E-state index < -0.39 is 18.3 Å². The molecule has 1 saturated heterocycles. The van der Waals surface area contributed by atoms with E-state index in [1.165, 1.54) is 4.90 Å². The van der Waals surface area contributed by atoms with Crippen molar-refractivity contribution >= 4 is 6.09 Å². The highest BCUT2D eigenvalue weighted by molar-refractivity contribution is 5.67. The zero-order valence-corrected chi connectivity index (χ0v) is 10.9. The van der Waals surface area contributed by atoms with Gasteiger partial charge in [0, 0.05) is 11.5 Å². The van der Waals surface area contributed by atoms with Gasteiger partial charge in [-0.25, -0.2) is 9.18 Å². The second-order valence-electron chi connectivity index (χ2n) is 4.56. The van der Waals surface area contributed by atoms with E-state index in [-0.39, 0.29) is 13.2 Å². The van der Waals surface area contributed by atoms with Crippen LogP contribution in [0.15, 0.2) is 35.4 Å². The van der Waals surface area contributed by atoms with Crippen molar-refractivity contribution in [3.63, 3.8) is 0 Å². The van der Waals surface area contributed by atoms with Crippen LogP contribution in [0, 0.1) is 0 Å². The van der Waals surface area contributed by atoms with Crippen LogP contribution in [0.3, 0.4) is 0 Å². The summed E-state index contributed by atoms with van der Waals surface area (Å²) in [7, 11) is 0. The zero-order chi connectivity index (χ0) is 14.4. The van der Waals surface area contributed by atoms with Crippen LogP contribution in [0.2, 0.25) is 0 Å². The first kappa shape index (κ1) is 14.1. The number of likely N-dealkylation sites (tertiary alicyclic amines) is 1. The van der Waals surface area contributed by atoms with Gasteiger partial charge in [0.15, 0.2) is 0 Å². The topological polar surface area (TPSA) is 78.3 Å². The minimum atomic E-state index is -1.34. The highest BCUT2D eigenvalue weighted by Gasteiger charge is 2.31. The van der Waals surface area contributed by atoms with Crippen molar-refractivity contribution in [1.29, 1.82) is 0 Å². The van der Waals surface area contributed by atoms with E-state index in [0.717, 1.165) is 5.56 Å². The zero-order valence-electron chi connectivity index (χ0n) is 10.9. The number of hydrogen-bond acceptors (Lipinski definition) is 3. The molecule has 20 heavy (non-hydrogen) atoms. The smallest absolute Gasteiger partial charge is 0.410 e. The fraction of sp³-hybridized carbons (Fsp3) is 0.462. The van der Waals surface area contributed by atoms with Crippen molar-refractivity contribution in [3.8, 4) is 0 Å². The second-order valence-corrected chi connectivity index (χ2v) is 4.56. The first-order valence-corrected chi connectivity index (χ1v) is 6.34. The van der Waals surface area contributed by atoms with Crippen molar-refractivity contribution < 1.29 is 13.9 Å². The Bertz CT molecular complexity index is 504. The molecule has 1 amide bonds. The lowest BCUT2D eigenvalue weighted by atomic mass is 10.0. The van der Waals surface area contributed by atoms with Crippen LogP contribution in [0.1, 0.15) is 12.0 Å². The lowest BCUT2D eigenvalue weighted by Crippen LogP contribution is -2.46. The quantitative estimate of drug-likeness (QED) is 0.484. The molecular weight excluding hydrogens is 263 g/mol. The van der Waals surface area contributed by atoms with Gasteiger partial charge in [-0.3, -0.25) is 0 Å². The summed E-state index contributed by atoms with van der Waals surface area (Å²) in [5, 5.41) is 3.38. The van der Waals surface area contributed by atoms with Crippen molar-refractivity contribution in [1.82, 2.24) is 4.90 Å². The van der Waals surface area contributed by atoms with Crippen molar-refractivity contribution in [3.05, 3.63) is 46.3 Å². The number of rotatable bonds is 3. The van der Waals surface area contributed by atoms with E-state index in [1.807, 2.05) is 30.3 Å². The number of hydrogen-bond donors (Lipinski definition) is 0. The SMILES string of the molecule is [N-]=[N+]=N[C@H]1CCN(C(=O)OCc2ccccc2)C[C@H]1F. The largest absolute Gasteiger partial charge is 0.445 e. The maximum atomic E-state index is 13.7. The molecule has 0 unspecified atom stereocenters. The van der Waals surface area contributed by atoms with Gasteiger partial charge < -0.3 is 9.64 Å². The van der Waals surface area contributed by atoms with Crippen molar-refractivity contribution in [2.45, 2.75) is 25.2 Å². The maximum absolute atomic E-state index is 13.7. The van der Waals surface area contributed by atoms with Crippen LogP contribution in [-0.2, 0) is 11.3 Å². The Hall–Kier alpha value is -2.27. The van der Waals surface area contributed by atoms with Gasteiger partial charge in [0.25, 0.3) is 0 Å². The molecule has 106 valence electrons. The molecule has 1 aliphatic heterocycles. The van der Waals surface area contributed by atoms with Crippen LogP contribution >= 0.6 is 0 Å². The van der Waals surface area contributed by atoms with Gasteiger partial charge in [-0.2, -0.15) is 0 Å². The Morgan fingerprint density at radius 1 is 1.50 bits per heavy atom. The van der Waals surface area contributed by atoms with Crippen LogP contribution in [-0.4, -0.2) is 36.3 Å². The van der Waals surface area contributed by atoms with Crippen molar-refractivity contribution in [2.24, 2.45) is 5.11 Å². The van der Waals surface area contributed by atoms with Gasteiger partial charge in [-0.1, -0.05) is 35.4 Å². The summed E-state index contributed by atoms with van der Waals surface area (Å²) in [6.07, 6.45) is -1.58. The fourth-order valence-corrected chi connectivity index (χ4v) is 2.07. The average Bonchev–Trinajstić information content (AvgIpc) is 2.48. The summed E-state index contributed by atoms with van der Waals surface area (Å²) < 4.78 is 18.8. The Labute approximate surface area is 115 Å². The highest BCUT2D eigenvalue weighted by atomic mass is 19.1. The normalized spacial score (nSPS) is 21.9. The number of piperidine rings is 1. The van der Waals surface area contributed by atoms with Gasteiger partial charge in [0.05, 0.1) is 12.6 Å². The molecule has 1 aromatic carbocycles. The fourth-order valence-electron chi connectivity index (χ4n) is 2.07.